The third-order valence-corrected chi connectivity index (χ3v) is 14.4. The molecule has 0 radical (unpaired) electrons. The van der Waals surface area contributed by atoms with E-state index in [1.807, 2.05) is 24.3 Å². The molecule has 5 heteroatoms. The predicted octanol–water partition coefficient (Wildman–Crippen LogP) is 14.7. The molecule has 0 aromatic heterocycles. The normalized spacial score (nSPS) is 16.3. The van der Waals surface area contributed by atoms with Gasteiger partial charge < -0.3 is 9.31 Å². The molecule has 310 valence electrons. The molecule has 1 aliphatic heterocycles. The van der Waals surface area contributed by atoms with E-state index in [4.69, 9.17) is 9.31 Å². The number of carbonyl (C=O) groups is 1. The number of halogens is 1. The molecule has 0 atom stereocenters. The minimum absolute atomic E-state index is 0.124. The van der Waals surface area contributed by atoms with E-state index in [-0.39, 0.29) is 24.1 Å². The summed E-state index contributed by atoms with van der Waals surface area (Å²) in [7, 11) is -0.367. The second-order valence-corrected chi connectivity index (χ2v) is 19.6. The maximum Gasteiger partial charge on any atom is 0.495 e. The lowest BCUT2D eigenvalue weighted by Crippen LogP contribution is -2.41. The van der Waals surface area contributed by atoms with E-state index < -0.39 is 0 Å². The van der Waals surface area contributed by atoms with E-state index in [0.717, 1.165) is 65.6 Å². The average Bonchev–Trinajstić information content (AvgIpc) is 3.81. The van der Waals surface area contributed by atoms with Gasteiger partial charge in [-0.1, -0.05) is 171 Å². The van der Waals surface area contributed by atoms with Gasteiger partial charge in [-0.25, -0.2) is 0 Å². The molecule has 7 aromatic carbocycles. The van der Waals surface area contributed by atoms with E-state index in [0.29, 0.717) is 11.8 Å². The van der Waals surface area contributed by atoms with Gasteiger partial charge in [-0.2, -0.15) is 0 Å². The Balaban J connectivity index is 0.000000158. The molecule has 0 amide bonds. The standard InChI is InChI=1S/C29H19BrO.C28H35BO2/c1-16-8-3-5-10-18(16)27-25-21-13-7-12-20-23(30)15-14-22(24(20)21)26(25)28(29(27)31)19-11-6-4-9-17(19)2;1-18(2)20-14-11-15-21(19(3)4)26(20)24-16-17-25(23-13-10-9-12-22(23)24)29-30-27(5,6)28(7,8)31-29/h3-15H,1-2H3;9-19H,1-8H3. The van der Waals surface area contributed by atoms with Gasteiger partial charge in [-0.15, -0.1) is 0 Å². The molecule has 2 aliphatic carbocycles. The number of carbonyl (C=O) groups excluding carboxylic acids is 1. The van der Waals surface area contributed by atoms with Crippen LogP contribution in [0.5, 0.6) is 0 Å². The van der Waals surface area contributed by atoms with Crippen LogP contribution in [0.3, 0.4) is 0 Å². The highest BCUT2D eigenvalue weighted by molar-refractivity contribution is 9.10. The van der Waals surface area contributed by atoms with Crippen LogP contribution in [0.1, 0.15) is 112 Å². The van der Waals surface area contributed by atoms with Crippen molar-refractivity contribution in [3.8, 4) is 11.1 Å². The minimum Gasteiger partial charge on any atom is -0.399 e. The molecule has 0 N–H and O–H groups in total. The van der Waals surface area contributed by atoms with Crippen LogP contribution < -0.4 is 5.46 Å². The van der Waals surface area contributed by atoms with Crippen molar-refractivity contribution in [2.24, 2.45) is 0 Å². The Hall–Kier alpha value is -5.33. The summed E-state index contributed by atoms with van der Waals surface area (Å²) in [5, 5.41) is 4.87. The van der Waals surface area contributed by atoms with Gasteiger partial charge in [0.05, 0.1) is 11.2 Å². The van der Waals surface area contributed by atoms with E-state index >= 15 is 0 Å². The molecule has 1 heterocycles. The largest absolute Gasteiger partial charge is 0.495 e. The molecule has 0 spiro atoms. The first kappa shape index (κ1) is 42.0. The van der Waals surface area contributed by atoms with Crippen LogP contribution in [0.25, 0.3) is 55.0 Å². The maximum atomic E-state index is 14.1. The molecule has 3 nitrogen and oxygen atoms in total. The molecule has 62 heavy (non-hydrogen) atoms. The summed E-state index contributed by atoms with van der Waals surface area (Å²) in [6.45, 7) is 21.7. The topological polar surface area (TPSA) is 35.5 Å². The van der Waals surface area contributed by atoms with Gasteiger partial charge in [-0.05, 0) is 142 Å². The third-order valence-electron chi connectivity index (χ3n) is 13.7. The summed E-state index contributed by atoms with van der Waals surface area (Å²) in [6.07, 6.45) is 0. The van der Waals surface area contributed by atoms with Crippen LogP contribution in [0.4, 0.5) is 0 Å². The van der Waals surface area contributed by atoms with Crippen LogP contribution in [0.2, 0.25) is 0 Å². The lowest BCUT2D eigenvalue weighted by molar-refractivity contribution is -0.108. The van der Waals surface area contributed by atoms with Gasteiger partial charge in [0.15, 0.2) is 5.78 Å². The van der Waals surface area contributed by atoms with E-state index in [2.05, 4.69) is 194 Å². The molecule has 7 aromatic rings. The SMILES string of the molecule is CC(C)c1cccc(C(C)C)c1-c1ccc(B2OC(C)(C)C(C)(C)O2)c2ccccc12.Cc1ccccc1C1=C2C(=C(c3ccccc3C)C1=O)c1ccc(Br)c3cccc2c13. The number of benzene rings is 7. The van der Waals surface area contributed by atoms with E-state index in [9.17, 15) is 4.79 Å². The van der Waals surface area contributed by atoms with Crippen molar-refractivity contribution >= 4 is 78.1 Å². The van der Waals surface area contributed by atoms with Gasteiger partial charge in [0.25, 0.3) is 0 Å². The number of fused-ring (bicyclic) bond motifs is 4. The van der Waals surface area contributed by atoms with Crippen LogP contribution >= 0.6 is 15.9 Å². The van der Waals surface area contributed by atoms with Crippen molar-refractivity contribution in [3.63, 3.8) is 0 Å². The molecule has 1 fully saturated rings. The number of hydrogen-bond donors (Lipinski definition) is 0. The third kappa shape index (κ3) is 6.76. The van der Waals surface area contributed by atoms with Gasteiger partial charge in [0, 0.05) is 26.8 Å². The summed E-state index contributed by atoms with van der Waals surface area (Å²) < 4.78 is 13.9. The Morgan fingerprint density at radius 3 is 1.48 bits per heavy atom. The van der Waals surface area contributed by atoms with Crippen molar-refractivity contribution in [3.05, 3.63) is 182 Å². The smallest absolute Gasteiger partial charge is 0.399 e. The van der Waals surface area contributed by atoms with Crippen LogP contribution in [-0.4, -0.2) is 24.1 Å². The van der Waals surface area contributed by atoms with E-state index in [1.165, 1.54) is 43.8 Å². The number of Topliss-reactive ketones (excluding diaryl/α,β-unsaturated/α-hetero) is 1. The molecule has 0 bridgehead atoms. The number of rotatable bonds is 6. The minimum atomic E-state index is -0.367. The van der Waals surface area contributed by atoms with Crippen molar-refractivity contribution in [2.75, 3.05) is 0 Å². The second-order valence-electron chi connectivity index (χ2n) is 18.7. The first-order valence-corrected chi connectivity index (χ1v) is 22.8. The fraction of sp³-hybridized carbons (Fsp3) is 0.246. The monoisotopic (exact) mass is 876 g/mol. The highest BCUT2D eigenvalue weighted by atomic mass is 79.9. The summed E-state index contributed by atoms with van der Waals surface area (Å²) in [4.78, 5) is 14.1. The fourth-order valence-corrected chi connectivity index (χ4v) is 10.2. The Bertz CT molecular complexity index is 2920. The summed E-state index contributed by atoms with van der Waals surface area (Å²) >= 11 is 3.73. The number of aryl methyl sites for hydroxylation is 2. The van der Waals surface area contributed by atoms with Gasteiger partial charge in [0.2, 0.25) is 0 Å². The second kappa shape index (κ2) is 15.8. The molecule has 0 unspecified atom stereocenters. The molecule has 10 rings (SSSR count). The number of allylic oxidation sites excluding steroid dienone is 4. The fourth-order valence-electron chi connectivity index (χ4n) is 9.73. The van der Waals surface area contributed by atoms with Gasteiger partial charge in [-0.3, -0.25) is 4.79 Å². The molecule has 3 aliphatic rings. The molecule has 0 saturated carbocycles. The predicted molar refractivity (Wildman–Crippen MR) is 266 cm³/mol. The van der Waals surface area contributed by atoms with Gasteiger partial charge in [0.1, 0.15) is 0 Å². The quantitative estimate of drug-likeness (QED) is 0.156. The molecular weight excluding hydrogens is 823 g/mol. The lowest BCUT2D eigenvalue weighted by atomic mass is 9.74. The maximum absolute atomic E-state index is 14.1. The van der Waals surface area contributed by atoms with Gasteiger partial charge >= 0.3 is 7.12 Å². The Kier molecular flexibility index (Phi) is 10.7. The molecular formula is C57H54BBrO3. The summed E-state index contributed by atoms with van der Waals surface area (Å²) in [6, 6.07) is 47.0. The van der Waals surface area contributed by atoms with Crippen LogP contribution in [-0.2, 0) is 14.1 Å². The average molecular weight is 878 g/mol. The van der Waals surface area contributed by atoms with Crippen molar-refractivity contribution < 1.29 is 14.1 Å². The Morgan fingerprint density at radius 1 is 0.484 bits per heavy atom. The Labute approximate surface area is 376 Å². The highest BCUT2D eigenvalue weighted by Gasteiger charge is 2.52. The zero-order chi connectivity index (χ0) is 43.8. The first-order valence-electron chi connectivity index (χ1n) is 22.0. The highest BCUT2D eigenvalue weighted by Crippen LogP contribution is 2.57. The summed E-state index contributed by atoms with van der Waals surface area (Å²) in [5.74, 6) is 1.03. The zero-order valence-corrected chi connectivity index (χ0v) is 39.1. The molecule has 1 saturated heterocycles. The van der Waals surface area contributed by atoms with E-state index in [1.54, 1.807) is 0 Å². The zero-order valence-electron chi connectivity index (χ0n) is 37.5. The van der Waals surface area contributed by atoms with Crippen LogP contribution in [0, 0.1) is 13.8 Å². The first-order chi connectivity index (χ1) is 29.6. The van der Waals surface area contributed by atoms with Crippen molar-refractivity contribution in [1.29, 1.82) is 0 Å². The van der Waals surface area contributed by atoms with Crippen molar-refractivity contribution in [1.82, 2.24) is 0 Å². The Morgan fingerprint density at radius 2 is 0.935 bits per heavy atom. The van der Waals surface area contributed by atoms with Crippen LogP contribution in [0.15, 0.2) is 138 Å². The lowest BCUT2D eigenvalue weighted by Gasteiger charge is -2.32. The summed E-state index contributed by atoms with van der Waals surface area (Å²) in [5.41, 5.74) is 16.3. The number of ketones is 1. The number of hydrogen-bond acceptors (Lipinski definition) is 3. The van der Waals surface area contributed by atoms with Crippen molar-refractivity contribution in [2.45, 2.75) is 92.3 Å².